The Hall–Kier alpha value is -0.610. The van der Waals surface area contributed by atoms with Crippen LogP contribution in [0, 0.1) is 5.92 Å². The third-order valence-electron chi connectivity index (χ3n) is 5.57. The van der Waals surface area contributed by atoms with Gasteiger partial charge in [0.1, 0.15) is 0 Å². The molecule has 0 spiro atoms. The maximum absolute atomic E-state index is 12.4. The first kappa shape index (κ1) is 14.3. The van der Waals surface area contributed by atoms with E-state index in [0.717, 1.165) is 37.8 Å². The van der Waals surface area contributed by atoms with Crippen LogP contribution < -0.4 is 10.6 Å². The van der Waals surface area contributed by atoms with E-state index in [0.29, 0.717) is 6.04 Å². The van der Waals surface area contributed by atoms with Crippen molar-refractivity contribution in [1.82, 2.24) is 15.5 Å². The second-order valence-corrected chi connectivity index (χ2v) is 6.87. The predicted octanol–water partition coefficient (Wildman–Crippen LogP) is 1.51. The first-order valence-electron chi connectivity index (χ1n) is 8.54. The SMILES string of the molecule is CCC1CCNC(C(=O)NC2CCN3CCCC3C2)C1. The van der Waals surface area contributed by atoms with Crippen LogP contribution in [-0.2, 0) is 4.79 Å². The molecule has 0 aromatic rings. The van der Waals surface area contributed by atoms with Crippen LogP contribution >= 0.6 is 0 Å². The van der Waals surface area contributed by atoms with Gasteiger partial charge in [-0.3, -0.25) is 4.79 Å². The Balaban J connectivity index is 1.48. The molecule has 3 rings (SSSR count). The van der Waals surface area contributed by atoms with Gasteiger partial charge >= 0.3 is 0 Å². The molecule has 0 aromatic carbocycles. The molecule has 0 radical (unpaired) electrons. The zero-order valence-electron chi connectivity index (χ0n) is 12.7. The number of nitrogens with one attached hydrogen (secondary N) is 2. The summed E-state index contributed by atoms with van der Waals surface area (Å²) in [4.78, 5) is 15.0. The number of piperidine rings is 2. The molecule has 3 fully saturated rings. The molecule has 3 saturated heterocycles. The highest BCUT2D eigenvalue weighted by Crippen LogP contribution is 2.27. The van der Waals surface area contributed by atoms with Crippen LogP contribution in [0.3, 0.4) is 0 Å². The molecule has 3 heterocycles. The van der Waals surface area contributed by atoms with E-state index >= 15 is 0 Å². The van der Waals surface area contributed by atoms with Crippen molar-refractivity contribution >= 4 is 5.91 Å². The van der Waals surface area contributed by atoms with Crippen molar-refractivity contribution < 1.29 is 4.79 Å². The van der Waals surface area contributed by atoms with Gasteiger partial charge in [-0.1, -0.05) is 13.3 Å². The van der Waals surface area contributed by atoms with Crippen molar-refractivity contribution in [2.75, 3.05) is 19.6 Å². The van der Waals surface area contributed by atoms with Crippen molar-refractivity contribution in [1.29, 1.82) is 0 Å². The first-order chi connectivity index (χ1) is 9.76. The number of nitrogens with zero attached hydrogens (tertiary/aromatic N) is 1. The van der Waals surface area contributed by atoms with Gasteiger partial charge < -0.3 is 15.5 Å². The van der Waals surface area contributed by atoms with Crippen molar-refractivity contribution in [3.05, 3.63) is 0 Å². The Morgan fingerprint density at radius 2 is 2.15 bits per heavy atom. The average molecular weight is 279 g/mol. The summed E-state index contributed by atoms with van der Waals surface area (Å²) in [6, 6.07) is 1.19. The average Bonchev–Trinajstić information content (AvgIpc) is 2.95. The lowest BCUT2D eigenvalue weighted by Crippen LogP contribution is -2.54. The Morgan fingerprint density at radius 3 is 3.00 bits per heavy atom. The summed E-state index contributed by atoms with van der Waals surface area (Å²) in [5.74, 6) is 0.975. The standard InChI is InChI=1S/C16H29N3O/c1-2-12-5-7-17-15(10-12)16(20)18-13-6-9-19-8-3-4-14(19)11-13/h12-15,17H,2-11H2,1H3,(H,18,20). The van der Waals surface area contributed by atoms with Crippen LogP contribution in [-0.4, -0.2) is 48.6 Å². The van der Waals surface area contributed by atoms with Gasteiger partial charge in [0.05, 0.1) is 6.04 Å². The van der Waals surface area contributed by atoms with Crippen LogP contribution in [0.2, 0.25) is 0 Å². The Kier molecular flexibility index (Phi) is 4.61. The van der Waals surface area contributed by atoms with Gasteiger partial charge in [0.2, 0.25) is 5.91 Å². The lowest BCUT2D eigenvalue weighted by atomic mass is 9.89. The first-order valence-corrected chi connectivity index (χ1v) is 8.54. The fourth-order valence-corrected chi connectivity index (χ4v) is 4.22. The Morgan fingerprint density at radius 1 is 1.25 bits per heavy atom. The largest absolute Gasteiger partial charge is 0.352 e. The number of hydrogen-bond acceptors (Lipinski definition) is 3. The summed E-state index contributed by atoms with van der Waals surface area (Å²) < 4.78 is 0. The van der Waals surface area contributed by atoms with Crippen molar-refractivity contribution in [2.24, 2.45) is 5.92 Å². The van der Waals surface area contributed by atoms with Gasteiger partial charge in [-0.05, 0) is 57.5 Å². The van der Waals surface area contributed by atoms with E-state index in [2.05, 4.69) is 22.5 Å². The van der Waals surface area contributed by atoms with Gasteiger partial charge in [0.15, 0.2) is 0 Å². The highest BCUT2D eigenvalue weighted by Gasteiger charge is 2.33. The highest BCUT2D eigenvalue weighted by atomic mass is 16.2. The van der Waals surface area contributed by atoms with E-state index < -0.39 is 0 Å². The van der Waals surface area contributed by atoms with Crippen molar-refractivity contribution in [3.63, 3.8) is 0 Å². The maximum atomic E-state index is 12.4. The summed E-state index contributed by atoms with van der Waals surface area (Å²) in [6.07, 6.45) is 8.40. The van der Waals surface area contributed by atoms with E-state index in [9.17, 15) is 4.79 Å². The predicted molar refractivity (Wildman–Crippen MR) is 80.6 cm³/mol. The Labute approximate surface area is 122 Å². The number of carbonyl (C=O) groups excluding carboxylic acids is 1. The van der Waals surface area contributed by atoms with Gasteiger partial charge in [0.25, 0.3) is 0 Å². The van der Waals surface area contributed by atoms with E-state index in [1.807, 2.05) is 0 Å². The molecule has 0 aromatic heterocycles. The molecule has 4 nitrogen and oxygen atoms in total. The molecule has 3 aliphatic heterocycles. The van der Waals surface area contributed by atoms with E-state index in [1.54, 1.807) is 0 Å². The molecule has 3 aliphatic rings. The van der Waals surface area contributed by atoms with Crippen molar-refractivity contribution in [3.8, 4) is 0 Å². The number of hydrogen-bond donors (Lipinski definition) is 2. The lowest BCUT2D eigenvalue weighted by Gasteiger charge is -2.36. The van der Waals surface area contributed by atoms with Crippen LogP contribution in [0.5, 0.6) is 0 Å². The normalized spacial score (nSPS) is 38.5. The highest BCUT2D eigenvalue weighted by molar-refractivity contribution is 5.82. The second kappa shape index (κ2) is 6.44. The monoisotopic (exact) mass is 279 g/mol. The summed E-state index contributed by atoms with van der Waals surface area (Å²) >= 11 is 0. The molecule has 0 aliphatic carbocycles. The van der Waals surface area contributed by atoms with Crippen LogP contribution in [0.4, 0.5) is 0 Å². The van der Waals surface area contributed by atoms with Gasteiger partial charge in [-0.15, -0.1) is 0 Å². The zero-order chi connectivity index (χ0) is 13.9. The minimum Gasteiger partial charge on any atom is -0.352 e. The van der Waals surface area contributed by atoms with Crippen LogP contribution in [0.15, 0.2) is 0 Å². The maximum Gasteiger partial charge on any atom is 0.237 e. The van der Waals surface area contributed by atoms with Gasteiger partial charge in [-0.2, -0.15) is 0 Å². The van der Waals surface area contributed by atoms with E-state index in [-0.39, 0.29) is 11.9 Å². The number of fused-ring (bicyclic) bond motifs is 1. The van der Waals surface area contributed by atoms with Gasteiger partial charge in [-0.25, -0.2) is 0 Å². The molecule has 0 bridgehead atoms. The smallest absolute Gasteiger partial charge is 0.237 e. The molecule has 4 unspecified atom stereocenters. The summed E-state index contributed by atoms with van der Waals surface area (Å²) in [5.41, 5.74) is 0. The van der Waals surface area contributed by atoms with Gasteiger partial charge in [0, 0.05) is 18.6 Å². The number of amides is 1. The minimum atomic E-state index is 0.0512. The molecule has 4 atom stereocenters. The quantitative estimate of drug-likeness (QED) is 0.823. The summed E-state index contributed by atoms with van der Waals surface area (Å²) in [7, 11) is 0. The summed E-state index contributed by atoms with van der Waals surface area (Å²) in [5, 5.41) is 6.71. The van der Waals surface area contributed by atoms with Crippen molar-refractivity contribution in [2.45, 2.75) is 70.0 Å². The third kappa shape index (κ3) is 3.17. The number of carbonyl (C=O) groups is 1. The second-order valence-electron chi connectivity index (χ2n) is 6.87. The zero-order valence-corrected chi connectivity index (χ0v) is 12.7. The van der Waals surface area contributed by atoms with Crippen LogP contribution in [0.1, 0.15) is 51.9 Å². The van der Waals surface area contributed by atoms with Crippen LogP contribution in [0.25, 0.3) is 0 Å². The third-order valence-corrected chi connectivity index (χ3v) is 5.57. The fraction of sp³-hybridized carbons (Fsp3) is 0.938. The lowest BCUT2D eigenvalue weighted by molar-refractivity contribution is -0.125. The molecule has 4 heteroatoms. The van der Waals surface area contributed by atoms with E-state index in [1.165, 1.54) is 38.8 Å². The summed E-state index contributed by atoms with van der Waals surface area (Å²) in [6.45, 7) is 5.68. The molecular weight excluding hydrogens is 250 g/mol. The molecular formula is C16H29N3O. The minimum absolute atomic E-state index is 0.0512. The van der Waals surface area contributed by atoms with E-state index in [4.69, 9.17) is 0 Å². The fourth-order valence-electron chi connectivity index (χ4n) is 4.22. The topological polar surface area (TPSA) is 44.4 Å². The molecule has 114 valence electrons. The molecule has 20 heavy (non-hydrogen) atoms. The molecule has 1 amide bonds. The number of rotatable bonds is 3. The molecule has 2 N–H and O–H groups in total. The molecule has 0 saturated carbocycles. The Bertz CT molecular complexity index is 347.